The Balaban J connectivity index is 3.08. The van der Waals surface area contributed by atoms with Crippen molar-refractivity contribution in [3.05, 3.63) is 28.8 Å². The number of nitrogens with zero attached hydrogens (tertiary/aromatic N) is 1. The van der Waals surface area contributed by atoms with Crippen LogP contribution in [0.1, 0.15) is 5.56 Å². The molecule has 11 heavy (non-hydrogen) atoms. The lowest BCUT2D eigenvalue weighted by molar-refractivity contribution is 1.27. The van der Waals surface area contributed by atoms with Crippen molar-refractivity contribution in [3.8, 4) is 6.07 Å². The number of halogens is 1. The van der Waals surface area contributed by atoms with Gasteiger partial charge in [0.15, 0.2) is 0 Å². The van der Waals surface area contributed by atoms with Crippen molar-refractivity contribution in [3.63, 3.8) is 0 Å². The molecule has 1 rings (SSSR count). The van der Waals surface area contributed by atoms with E-state index in [-0.39, 0.29) is 0 Å². The van der Waals surface area contributed by atoms with Gasteiger partial charge in [-0.15, -0.1) is 0 Å². The number of anilines is 1. The Labute approximate surface area is 70.2 Å². The van der Waals surface area contributed by atoms with E-state index in [1.807, 2.05) is 6.07 Å². The Morgan fingerprint density at radius 2 is 2.27 bits per heavy atom. The summed E-state index contributed by atoms with van der Waals surface area (Å²) in [5, 5.41) is 8.90. The Kier molecular flexibility index (Phi) is 2.35. The van der Waals surface area contributed by atoms with Gasteiger partial charge in [0.1, 0.15) is 0 Å². The van der Waals surface area contributed by atoms with Crippen molar-refractivity contribution in [2.24, 2.45) is 0 Å². The van der Waals surface area contributed by atoms with Crippen LogP contribution in [0.25, 0.3) is 0 Å². The summed E-state index contributed by atoms with van der Waals surface area (Å²) in [6, 6.07) is 7.30. The van der Waals surface area contributed by atoms with Gasteiger partial charge in [0.25, 0.3) is 0 Å². The van der Waals surface area contributed by atoms with Gasteiger partial charge in [0.2, 0.25) is 0 Å². The summed E-state index contributed by atoms with van der Waals surface area (Å²) in [6.45, 7) is 0. The van der Waals surface area contributed by atoms with Crippen LogP contribution in [0.3, 0.4) is 0 Å². The van der Waals surface area contributed by atoms with Crippen LogP contribution >= 0.6 is 11.6 Å². The van der Waals surface area contributed by atoms with Gasteiger partial charge in [-0.05, 0) is 11.6 Å². The molecule has 0 aliphatic rings. The van der Waals surface area contributed by atoms with Gasteiger partial charge in [-0.3, -0.25) is 0 Å². The fourth-order valence-corrected chi connectivity index (χ4v) is 1.02. The lowest BCUT2D eigenvalue weighted by atomic mass is 10.1. The summed E-state index contributed by atoms with van der Waals surface area (Å²) in [7, 11) is 0. The number of nitrogen functional groups attached to an aromatic ring is 1. The second kappa shape index (κ2) is 3.27. The molecule has 0 heterocycles. The zero-order chi connectivity index (χ0) is 8.27. The molecule has 0 aromatic heterocycles. The van der Waals surface area contributed by atoms with Crippen LogP contribution in [0.15, 0.2) is 18.2 Å². The smallest absolute Gasteiger partial charge is 0.0670 e. The summed E-state index contributed by atoms with van der Waals surface area (Å²) in [4.78, 5) is 0. The molecule has 0 aliphatic heterocycles. The standard InChI is InChI=1S/C8H7ClN2/c9-7-3-1-2-6(4-5-10)8(7)11/h1-3H,4,11H2. The maximum absolute atomic E-state index is 8.39. The predicted octanol–water partition coefficient (Wildman–Crippen LogP) is 1.99. The van der Waals surface area contributed by atoms with Crippen LogP contribution < -0.4 is 5.73 Å². The third-order valence-electron chi connectivity index (χ3n) is 1.41. The molecule has 2 nitrogen and oxygen atoms in total. The van der Waals surface area contributed by atoms with Crippen molar-refractivity contribution in [1.82, 2.24) is 0 Å². The molecule has 0 unspecified atom stereocenters. The molecule has 1 aromatic carbocycles. The molecular weight excluding hydrogens is 160 g/mol. The molecule has 0 saturated carbocycles. The van der Waals surface area contributed by atoms with Gasteiger partial charge in [0.05, 0.1) is 23.2 Å². The molecule has 1 aromatic rings. The van der Waals surface area contributed by atoms with Crippen LogP contribution in [0.5, 0.6) is 0 Å². The Hall–Kier alpha value is -1.20. The summed E-state index contributed by atoms with van der Waals surface area (Å²) >= 11 is 5.72. The highest BCUT2D eigenvalue weighted by Crippen LogP contribution is 2.22. The third kappa shape index (κ3) is 1.63. The minimum absolute atomic E-state index is 0.312. The van der Waals surface area contributed by atoms with Crippen LogP contribution in [-0.4, -0.2) is 0 Å². The Bertz CT molecular complexity index is 301. The maximum atomic E-state index is 8.39. The highest BCUT2D eigenvalue weighted by molar-refractivity contribution is 6.33. The van der Waals surface area contributed by atoms with Crippen molar-refractivity contribution in [2.45, 2.75) is 6.42 Å². The molecule has 0 bridgehead atoms. The van der Waals surface area contributed by atoms with E-state index in [1.54, 1.807) is 18.2 Å². The number of nitriles is 1. The SMILES string of the molecule is N#CCc1cccc(Cl)c1N. The van der Waals surface area contributed by atoms with E-state index < -0.39 is 0 Å². The minimum atomic E-state index is 0.312. The van der Waals surface area contributed by atoms with Crippen LogP contribution in [-0.2, 0) is 6.42 Å². The predicted molar refractivity (Wildman–Crippen MR) is 45.2 cm³/mol. The number of benzene rings is 1. The fourth-order valence-electron chi connectivity index (χ4n) is 0.821. The average molecular weight is 167 g/mol. The van der Waals surface area contributed by atoms with Gasteiger partial charge in [-0.1, -0.05) is 23.7 Å². The molecular formula is C8H7ClN2. The second-order valence-corrected chi connectivity index (χ2v) is 2.55. The fraction of sp³-hybridized carbons (Fsp3) is 0.125. The summed E-state index contributed by atoms with van der Waals surface area (Å²) in [6.07, 6.45) is 0.312. The van der Waals surface area contributed by atoms with E-state index in [0.717, 1.165) is 5.56 Å². The molecule has 0 aliphatic carbocycles. The minimum Gasteiger partial charge on any atom is -0.397 e. The molecule has 0 atom stereocenters. The zero-order valence-corrected chi connectivity index (χ0v) is 6.60. The van der Waals surface area contributed by atoms with E-state index in [4.69, 9.17) is 22.6 Å². The number of rotatable bonds is 1. The first kappa shape index (κ1) is 7.90. The third-order valence-corrected chi connectivity index (χ3v) is 1.74. The number of hydrogen-bond donors (Lipinski definition) is 1. The zero-order valence-electron chi connectivity index (χ0n) is 5.84. The van der Waals surface area contributed by atoms with Crippen LogP contribution in [0.4, 0.5) is 5.69 Å². The van der Waals surface area contributed by atoms with Gasteiger partial charge in [-0.2, -0.15) is 5.26 Å². The molecule has 0 fully saturated rings. The van der Waals surface area contributed by atoms with Gasteiger partial charge in [-0.25, -0.2) is 0 Å². The molecule has 0 spiro atoms. The normalized spacial score (nSPS) is 9.09. The first-order chi connectivity index (χ1) is 5.25. The number of hydrogen-bond acceptors (Lipinski definition) is 2. The molecule has 3 heteroatoms. The average Bonchev–Trinajstić information content (AvgIpc) is 1.99. The first-order valence-electron chi connectivity index (χ1n) is 3.15. The molecule has 0 saturated heterocycles. The summed E-state index contributed by atoms with van der Waals surface area (Å²) in [5.41, 5.74) is 6.89. The largest absolute Gasteiger partial charge is 0.397 e. The highest BCUT2D eigenvalue weighted by atomic mass is 35.5. The van der Waals surface area contributed by atoms with Crippen molar-refractivity contribution in [1.29, 1.82) is 5.26 Å². The summed E-state index contributed by atoms with van der Waals surface area (Å²) in [5.74, 6) is 0. The topological polar surface area (TPSA) is 49.8 Å². The lowest BCUT2D eigenvalue weighted by Crippen LogP contribution is -1.93. The Morgan fingerprint density at radius 3 is 2.91 bits per heavy atom. The van der Waals surface area contributed by atoms with Crippen molar-refractivity contribution >= 4 is 17.3 Å². The second-order valence-electron chi connectivity index (χ2n) is 2.15. The number of para-hydroxylation sites is 1. The van der Waals surface area contributed by atoms with Crippen LogP contribution in [0.2, 0.25) is 5.02 Å². The molecule has 56 valence electrons. The van der Waals surface area contributed by atoms with E-state index in [2.05, 4.69) is 0 Å². The maximum Gasteiger partial charge on any atom is 0.0670 e. The Morgan fingerprint density at radius 1 is 1.55 bits per heavy atom. The molecule has 0 radical (unpaired) electrons. The van der Waals surface area contributed by atoms with E-state index in [0.29, 0.717) is 17.1 Å². The molecule has 0 amide bonds. The van der Waals surface area contributed by atoms with Gasteiger partial charge < -0.3 is 5.73 Å². The lowest BCUT2D eigenvalue weighted by Gasteiger charge is -2.01. The monoisotopic (exact) mass is 166 g/mol. The van der Waals surface area contributed by atoms with E-state index in [9.17, 15) is 0 Å². The quantitative estimate of drug-likeness (QED) is 0.649. The molecule has 2 N–H and O–H groups in total. The first-order valence-corrected chi connectivity index (χ1v) is 3.53. The van der Waals surface area contributed by atoms with E-state index in [1.165, 1.54) is 0 Å². The van der Waals surface area contributed by atoms with Crippen molar-refractivity contribution in [2.75, 3.05) is 5.73 Å². The van der Waals surface area contributed by atoms with Crippen molar-refractivity contribution < 1.29 is 0 Å². The summed E-state index contributed by atoms with van der Waals surface area (Å²) < 4.78 is 0. The van der Waals surface area contributed by atoms with Gasteiger partial charge in [0, 0.05) is 0 Å². The van der Waals surface area contributed by atoms with E-state index >= 15 is 0 Å². The van der Waals surface area contributed by atoms with Crippen LogP contribution in [0, 0.1) is 11.3 Å². The van der Waals surface area contributed by atoms with Gasteiger partial charge >= 0.3 is 0 Å². The number of nitrogens with two attached hydrogens (primary N) is 1. The highest BCUT2D eigenvalue weighted by Gasteiger charge is 2.00.